The van der Waals surface area contributed by atoms with E-state index in [1.807, 2.05) is 44.2 Å². The molecule has 0 heterocycles. The molecule has 0 unspecified atom stereocenters. The molecule has 1 rings (SSSR count). The second-order valence-electron chi connectivity index (χ2n) is 10.2. The number of carbonyl (C=O) groups excluding carboxylic acids is 2. The number of rotatable bonds is 9. The molecule has 0 aliphatic carbocycles. The van der Waals surface area contributed by atoms with E-state index in [0.29, 0.717) is 6.42 Å². The lowest BCUT2D eigenvalue weighted by molar-refractivity contribution is -0.143. The van der Waals surface area contributed by atoms with Crippen molar-refractivity contribution in [2.24, 2.45) is 10.8 Å². The Morgan fingerprint density at radius 2 is 1.55 bits per heavy atom. The number of carbonyl (C=O) groups is 3. The van der Waals surface area contributed by atoms with Crippen molar-refractivity contribution in [2.45, 2.75) is 73.1 Å². The number of hydrogen-bond acceptors (Lipinski definition) is 5. The summed E-state index contributed by atoms with van der Waals surface area (Å²) in [5, 5.41) is 14.9. The molecule has 1 atom stereocenters. The molecular formula is C23H36N2O6. The van der Waals surface area contributed by atoms with E-state index in [2.05, 4.69) is 10.6 Å². The molecule has 0 spiro atoms. The maximum absolute atomic E-state index is 12.1. The van der Waals surface area contributed by atoms with Crippen LogP contribution in [-0.4, -0.2) is 41.4 Å². The van der Waals surface area contributed by atoms with Crippen molar-refractivity contribution in [3.05, 3.63) is 35.9 Å². The highest BCUT2D eigenvalue weighted by atomic mass is 16.6. The largest absolute Gasteiger partial charge is 0.480 e. The van der Waals surface area contributed by atoms with E-state index >= 15 is 0 Å². The van der Waals surface area contributed by atoms with Gasteiger partial charge in [0.05, 0.1) is 0 Å². The molecule has 1 aromatic rings. The van der Waals surface area contributed by atoms with Gasteiger partial charge in [-0.2, -0.15) is 0 Å². The third kappa shape index (κ3) is 10.2. The molecular weight excluding hydrogens is 400 g/mol. The molecule has 0 saturated carbocycles. The number of nitrogens with one attached hydrogen (secondary N) is 2. The first-order valence-electron chi connectivity index (χ1n) is 10.3. The molecule has 0 aliphatic rings. The maximum atomic E-state index is 12.1. The Morgan fingerprint density at radius 1 is 0.968 bits per heavy atom. The lowest BCUT2D eigenvalue weighted by atomic mass is 9.71. The lowest BCUT2D eigenvalue weighted by Gasteiger charge is -2.39. The van der Waals surface area contributed by atoms with Crippen LogP contribution < -0.4 is 10.6 Å². The highest BCUT2D eigenvalue weighted by Crippen LogP contribution is 2.36. The van der Waals surface area contributed by atoms with Gasteiger partial charge in [-0.3, -0.25) is 0 Å². The van der Waals surface area contributed by atoms with Gasteiger partial charge in [0.2, 0.25) is 0 Å². The summed E-state index contributed by atoms with van der Waals surface area (Å²) < 4.78 is 10.4. The predicted molar refractivity (Wildman–Crippen MR) is 118 cm³/mol. The summed E-state index contributed by atoms with van der Waals surface area (Å²) in [7, 11) is 0. The van der Waals surface area contributed by atoms with E-state index < -0.39 is 40.6 Å². The van der Waals surface area contributed by atoms with Gasteiger partial charge < -0.3 is 25.2 Å². The van der Waals surface area contributed by atoms with Gasteiger partial charge in [-0.15, -0.1) is 0 Å². The number of hydrogen-bond donors (Lipinski definition) is 3. The lowest BCUT2D eigenvalue weighted by Crippen LogP contribution is -2.53. The van der Waals surface area contributed by atoms with Crippen molar-refractivity contribution in [2.75, 3.05) is 6.54 Å². The van der Waals surface area contributed by atoms with E-state index in [-0.39, 0.29) is 13.2 Å². The van der Waals surface area contributed by atoms with Crippen molar-refractivity contribution in [1.29, 1.82) is 0 Å². The summed E-state index contributed by atoms with van der Waals surface area (Å²) in [6, 6.07) is 8.19. The van der Waals surface area contributed by atoms with Crippen molar-refractivity contribution in [3.63, 3.8) is 0 Å². The highest BCUT2D eigenvalue weighted by Gasteiger charge is 2.41. The van der Waals surface area contributed by atoms with Crippen LogP contribution in [0.15, 0.2) is 30.3 Å². The zero-order valence-electron chi connectivity index (χ0n) is 19.6. The Labute approximate surface area is 184 Å². The summed E-state index contributed by atoms with van der Waals surface area (Å²) in [6.45, 7) is 12.9. The minimum absolute atomic E-state index is 0.166. The van der Waals surface area contributed by atoms with Gasteiger partial charge in [0, 0.05) is 6.54 Å². The first-order valence-corrected chi connectivity index (χ1v) is 10.3. The van der Waals surface area contributed by atoms with E-state index in [4.69, 9.17) is 9.47 Å². The molecule has 3 N–H and O–H groups in total. The van der Waals surface area contributed by atoms with Gasteiger partial charge in [0.1, 0.15) is 18.2 Å². The van der Waals surface area contributed by atoms with Crippen molar-refractivity contribution < 1.29 is 29.0 Å². The molecule has 2 amide bonds. The zero-order valence-corrected chi connectivity index (χ0v) is 19.6. The van der Waals surface area contributed by atoms with Crippen molar-refractivity contribution in [1.82, 2.24) is 10.6 Å². The van der Waals surface area contributed by atoms with Crippen LogP contribution in [0.1, 0.15) is 60.5 Å². The molecule has 0 aliphatic heterocycles. The molecule has 174 valence electrons. The van der Waals surface area contributed by atoms with Gasteiger partial charge in [0.15, 0.2) is 0 Å². The summed E-state index contributed by atoms with van der Waals surface area (Å²) in [6.07, 6.45) is -0.920. The Bertz CT molecular complexity index is 753. The van der Waals surface area contributed by atoms with Gasteiger partial charge in [-0.05, 0) is 43.6 Å². The topological polar surface area (TPSA) is 114 Å². The average Bonchev–Trinajstić information content (AvgIpc) is 2.61. The molecule has 8 heteroatoms. The van der Waals surface area contributed by atoms with Crippen molar-refractivity contribution in [3.8, 4) is 0 Å². The number of carboxylic acid groups (broad SMARTS) is 1. The van der Waals surface area contributed by atoms with Gasteiger partial charge in [0.25, 0.3) is 0 Å². The van der Waals surface area contributed by atoms with Crippen LogP contribution in [0, 0.1) is 10.8 Å². The zero-order chi connectivity index (χ0) is 23.9. The van der Waals surface area contributed by atoms with E-state index in [9.17, 15) is 19.5 Å². The third-order valence-electron chi connectivity index (χ3n) is 4.55. The number of aliphatic carboxylic acids is 1. The van der Waals surface area contributed by atoms with Crippen LogP contribution in [0.5, 0.6) is 0 Å². The van der Waals surface area contributed by atoms with E-state index in [1.54, 1.807) is 34.6 Å². The molecule has 0 saturated heterocycles. The Morgan fingerprint density at radius 3 is 2.06 bits per heavy atom. The smallest absolute Gasteiger partial charge is 0.408 e. The quantitative estimate of drug-likeness (QED) is 0.531. The Balaban J connectivity index is 2.66. The number of ether oxygens (including phenoxy) is 2. The average molecular weight is 437 g/mol. The fraction of sp³-hybridized carbons (Fsp3) is 0.609. The first-order chi connectivity index (χ1) is 14.1. The molecule has 1 aromatic carbocycles. The Kier molecular flexibility index (Phi) is 8.90. The molecule has 0 bridgehead atoms. The monoisotopic (exact) mass is 436 g/mol. The maximum Gasteiger partial charge on any atom is 0.408 e. The molecule has 31 heavy (non-hydrogen) atoms. The fourth-order valence-electron chi connectivity index (χ4n) is 3.50. The van der Waals surface area contributed by atoms with Gasteiger partial charge in [-0.1, -0.05) is 58.0 Å². The van der Waals surface area contributed by atoms with Gasteiger partial charge >= 0.3 is 18.2 Å². The van der Waals surface area contributed by atoms with Crippen LogP contribution >= 0.6 is 0 Å². The minimum atomic E-state index is -1.16. The predicted octanol–water partition coefficient (Wildman–Crippen LogP) is 4.33. The van der Waals surface area contributed by atoms with E-state index in [1.165, 1.54) is 0 Å². The molecule has 0 fully saturated rings. The third-order valence-corrected chi connectivity index (χ3v) is 4.55. The summed E-state index contributed by atoms with van der Waals surface area (Å²) in [5.41, 5.74) is -1.13. The van der Waals surface area contributed by atoms with Crippen LogP contribution in [0.2, 0.25) is 0 Å². The van der Waals surface area contributed by atoms with Crippen LogP contribution in [0.25, 0.3) is 0 Å². The number of alkyl carbamates (subject to hydrolysis) is 2. The number of amides is 2. The number of carboxylic acids is 1. The standard InChI is InChI=1S/C23H36N2O6/c1-21(2,3)31-20(29)25-17(18(26)27)23(6,7)14-22(4,5)15-24-19(28)30-13-16-11-9-8-10-12-16/h8-12,17H,13-15H2,1-7H3,(H,24,28)(H,25,29)(H,26,27)/t17-/m1/s1. The molecule has 0 radical (unpaired) electrons. The van der Waals surface area contributed by atoms with Crippen LogP contribution in [0.4, 0.5) is 9.59 Å². The van der Waals surface area contributed by atoms with E-state index in [0.717, 1.165) is 5.56 Å². The SMILES string of the molecule is CC(C)(CNC(=O)OCc1ccccc1)CC(C)(C)[C@H](NC(=O)OC(C)(C)C)C(=O)O. The molecule has 0 aromatic heterocycles. The second-order valence-corrected chi connectivity index (χ2v) is 10.2. The highest BCUT2D eigenvalue weighted by molar-refractivity contribution is 5.80. The summed E-state index contributed by atoms with van der Waals surface area (Å²) in [4.78, 5) is 36.0. The first kappa shape index (κ1) is 26.3. The van der Waals surface area contributed by atoms with Crippen LogP contribution in [-0.2, 0) is 20.9 Å². The second kappa shape index (κ2) is 10.5. The fourth-order valence-corrected chi connectivity index (χ4v) is 3.50. The molecule has 8 nitrogen and oxygen atoms in total. The van der Waals surface area contributed by atoms with Crippen LogP contribution in [0.3, 0.4) is 0 Å². The van der Waals surface area contributed by atoms with Gasteiger partial charge in [-0.25, -0.2) is 14.4 Å². The summed E-state index contributed by atoms with van der Waals surface area (Å²) in [5.74, 6) is -1.15. The Hall–Kier alpha value is -2.77. The van der Waals surface area contributed by atoms with Crippen molar-refractivity contribution >= 4 is 18.2 Å². The minimum Gasteiger partial charge on any atom is -0.480 e. The normalized spacial score (nSPS) is 13.1. The summed E-state index contributed by atoms with van der Waals surface area (Å²) >= 11 is 0. The number of benzene rings is 1.